The molecule has 56 heavy (non-hydrogen) atoms. The van der Waals surface area contributed by atoms with Gasteiger partial charge in [0.25, 0.3) is 5.56 Å². The molecule has 294 valence electrons. The summed E-state index contributed by atoms with van der Waals surface area (Å²) in [7, 11) is 2.09. The number of aromatic nitrogens is 2. The van der Waals surface area contributed by atoms with E-state index in [9.17, 15) is 14.4 Å². The number of rotatable bonds is 11. The van der Waals surface area contributed by atoms with Gasteiger partial charge in [0.05, 0.1) is 33.6 Å². The Bertz CT molecular complexity index is 2200. The third-order valence-electron chi connectivity index (χ3n) is 14.4. The number of carbonyl (C=O) groups is 2. The van der Waals surface area contributed by atoms with Crippen molar-refractivity contribution in [3.8, 4) is 11.4 Å². The Morgan fingerprint density at radius 2 is 1.80 bits per heavy atom. The molecule has 8 nitrogen and oxygen atoms in total. The number of fused-ring (bicyclic) bond motifs is 9. The molecule has 2 atom stereocenters. The number of hydrogen-bond donors (Lipinski definition) is 0. The molecule has 2 aliphatic carbocycles. The summed E-state index contributed by atoms with van der Waals surface area (Å²) in [6, 6.07) is 17.1. The van der Waals surface area contributed by atoms with Gasteiger partial charge in [-0.3, -0.25) is 14.2 Å². The predicted octanol–water partition coefficient (Wildman–Crippen LogP) is 8.92. The number of likely N-dealkylation sites (tertiary alicyclic amines) is 1. The summed E-state index contributed by atoms with van der Waals surface area (Å²) in [6.07, 6.45) is 17.1. The monoisotopic (exact) mass is 774 g/mol. The average Bonchev–Trinajstić information content (AvgIpc) is 3.70. The lowest BCUT2D eigenvalue weighted by atomic mass is 9.68. The largest absolute Gasteiger partial charge is 0.492 e. The fourth-order valence-electron chi connectivity index (χ4n) is 11.4. The van der Waals surface area contributed by atoms with Crippen LogP contribution in [0.4, 0.5) is 0 Å². The van der Waals surface area contributed by atoms with Gasteiger partial charge in [0, 0.05) is 41.6 Å². The second-order valence-electron chi connectivity index (χ2n) is 17.8. The maximum absolute atomic E-state index is 13.5. The Morgan fingerprint density at radius 1 is 0.964 bits per heavy atom. The molecule has 0 radical (unpaired) electrons. The van der Waals surface area contributed by atoms with E-state index in [1.54, 1.807) is 6.07 Å². The zero-order valence-electron chi connectivity index (χ0n) is 32.9. The molecule has 4 heterocycles. The van der Waals surface area contributed by atoms with Crippen LogP contribution < -0.4 is 10.3 Å². The number of hydrogen-bond acceptors (Lipinski definition) is 7. The quantitative estimate of drug-likeness (QED) is 0.111. The van der Waals surface area contributed by atoms with Crippen molar-refractivity contribution in [1.29, 1.82) is 0 Å². The van der Waals surface area contributed by atoms with Crippen molar-refractivity contribution in [2.75, 3.05) is 39.8 Å². The Morgan fingerprint density at radius 3 is 2.61 bits per heavy atom. The zero-order valence-corrected chi connectivity index (χ0v) is 33.6. The Hall–Kier alpha value is -3.85. The fourth-order valence-corrected chi connectivity index (χ4v) is 11.6. The summed E-state index contributed by atoms with van der Waals surface area (Å²) in [5.74, 6) is 3.05. The van der Waals surface area contributed by atoms with E-state index in [1.807, 2.05) is 18.2 Å². The van der Waals surface area contributed by atoms with Crippen molar-refractivity contribution in [3.63, 3.8) is 0 Å². The van der Waals surface area contributed by atoms with Gasteiger partial charge in [0.2, 0.25) is 0 Å². The first-order valence-corrected chi connectivity index (χ1v) is 21.7. The van der Waals surface area contributed by atoms with Crippen molar-refractivity contribution in [1.82, 2.24) is 19.4 Å². The molecule has 1 aromatic heterocycles. The number of unbranched alkanes of at least 4 members (excludes halogenated alkanes) is 2. The Balaban J connectivity index is 0.894. The van der Waals surface area contributed by atoms with Crippen LogP contribution in [0, 0.1) is 5.92 Å². The van der Waals surface area contributed by atoms with Crippen LogP contribution in [0.5, 0.6) is 5.75 Å². The predicted molar refractivity (Wildman–Crippen MR) is 222 cm³/mol. The van der Waals surface area contributed by atoms with Crippen LogP contribution in [0.2, 0.25) is 5.02 Å². The highest BCUT2D eigenvalue weighted by Crippen LogP contribution is 2.53. The molecule has 9 rings (SSSR count). The molecule has 2 spiro atoms. The third kappa shape index (κ3) is 6.54. The van der Waals surface area contributed by atoms with Gasteiger partial charge in [0.15, 0.2) is 6.29 Å². The molecular weight excluding hydrogens is 720 g/mol. The topological polar surface area (TPSA) is 84.7 Å². The minimum Gasteiger partial charge on any atom is -0.492 e. The number of benzene rings is 3. The highest BCUT2D eigenvalue weighted by atomic mass is 35.5. The van der Waals surface area contributed by atoms with Gasteiger partial charge in [-0.15, -0.1) is 0 Å². The van der Waals surface area contributed by atoms with Crippen molar-refractivity contribution in [2.24, 2.45) is 5.92 Å². The van der Waals surface area contributed by atoms with Crippen molar-refractivity contribution in [2.45, 2.75) is 113 Å². The molecule has 2 unspecified atom stereocenters. The van der Waals surface area contributed by atoms with Gasteiger partial charge >= 0.3 is 0 Å². The molecule has 0 amide bonds. The van der Waals surface area contributed by atoms with Crippen LogP contribution in [0.25, 0.3) is 16.6 Å². The molecule has 3 aromatic carbocycles. The van der Waals surface area contributed by atoms with Gasteiger partial charge in [-0.05, 0) is 126 Å². The van der Waals surface area contributed by atoms with Crippen molar-refractivity contribution < 1.29 is 14.3 Å². The highest BCUT2D eigenvalue weighted by Gasteiger charge is 2.47. The van der Waals surface area contributed by atoms with Gasteiger partial charge in [0.1, 0.15) is 17.9 Å². The minimum atomic E-state index is -0.219. The van der Waals surface area contributed by atoms with Gasteiger partial charge in [-0.25, -0.2) is 0 Å². The summed E-state index contributed by atoms with van der Waals surface area (Å²) in [5.41, 5.74) is 7.45. The number of ether oxygens (including phenoxy) is 1. The molecule has 0 N–H and O–H groups in total. The van der Waals surface area contributed by atoms with Crippen LogP contribution in [0.1, 0.15) is 134 Å². The van der Waals surface area contributed by atoms with Crippen molar-refractivity contribution >= 4 is 35.1 Å². The SMILES string of the molecule is CN(CCCCC=O)Cc1c(C=O)ccc2c1OCC21CCN(CC2CCCC(c3ccc4c(c3)C3(CCCCC3)c3nc(=O)c5c(Cl)cccc5n3-4)C2)CC1. The number of halogens is 1. The number of aldehydes is 2. The molecule has 5 aliphatic rings. The second kappa shape index (κ2) is 15.5. The average molecular weight is 775 g/mol. The van der Waals surface area contributed by atoms with E-state index < -0.39 is 0 Å². The molecule has 2 saturated carbocycles. The number of nitrogens with zero attached hydrogens (tertiary/aromatic N) is 4. The summed E-state index contributed by atoms with van der Waals surface area (Å²) >= 11 is 6.60. The molecule has 3 fully saturated rings. The molecule has 3 aliphatic heterocycles. The van der Waals surface area contributed by atoms with E-state index >= 15 is 0 Å². The van der Waals surface area contributed by atoms with Gasteiger partial charge in [-0.2, -0.15) is 4.98 Å². The minimum absolute atomic E-state index is 0.00702. The summed E-state index contributed by atoms with van der Waals surface area (Å²) < 4.78 is 8.76. The Labute approximate surface area is 335 Å². The standard InChI is InChI=1S/C47H55ClN4O4/c1-50(22-6-3-7-25-53)29-36-35(30-54)14-16-37-43(36)56-31-46(37)20-23-51(24-21-46)28-32-10-8-11-33(26-32)34-15-17-40-38(27-34)47(18-4-2-5-19-47)45-49-44(55)42-39(48)12-9-13-41(42)52(40)45/h9,12-17,25,27,30,32-33H,2-8,10-11,18-24,26,28-29,31H2,1H3. The van der Waals surface area contributed by atoms with E-state index in [0.717, 1.165) is 118 Å². The van der Waals surface area contributed by atoms with Crippen LogP contribution in [0.3, 0.4) is 0 Å². The lowest BCUT2D eigenvalue weighted by Crippen LogP contribution is -2.45. The zero-order chi connectivity index (χ0) is 38.4. The summed E-state index contributed by atoms with van der Waals surface area (Å²) in [5, 5.41) is 0.987. The van der Waals surface area contributed by atoms with E-state index in [0.29, 0.717) is 41.8 Å². The fraction of sp³-hybridized carbons (Fsp3) is 0.532. The Kier molecular flexibility index (Phi) is 10.4. The highest BCUT2D eigenvalue weighted by molar-refractivity contribution is 6.35. The van der Waals surface area contributed by atoms with E-state index in [2.05, 4.69) is 45.7 Å². The number of carbonyl (C=O) groups excluding carboxylic acids is 2. The first kappa shape index (κ1) is 37.7. The third-order valence-corrected chi connectivity index (χ3v) is 14.7. The summed E-state index contributed by atoms with van der Waals surface area (Å²) in [6.45, 7) is 5.51. The van der Waals surface area contributed by atoms with E-state index in [4.69, 9.17) is 21.3 Å². The van der Waals surface area contributed by atoms with Crippen LogP contribution >= 0.6 is 11.6 Å². The van der Waals surface area contributed by atoms with E-state index in [-0.39, 0.29) is 16.4 Å². The van der Waals surface area contributed by atoms with Gasteiger partial charge in [-0.1, -0.05) is 67.6 Å². The second-order valence-corrected chi connectivity index (χ2v) is 18.2. The van der Waals surface area contributed by atoms with Crippen LogP contribution in [0.15, 0.2) is 53.3 Å². The molecule has 4 aromatic rings. The maximum atomic E-state index is 13.5. The molecule has 0 bridgehead atoms. The smallest absolute Gasteiger partial charge is 0.282 e. The molecular formula is C47H55ClN4O4. The molecule has 9 heteroatoms. The lowest BCUT2D eigenvalue weighted by molar-refractivity contribution is -0.107. The summed E-state index contributed by atoms with van der Waals surface area (Å²) in [4.78, 5) is 46.1. The van der Waals surface area contributed by atoms with Crippen LogP contribution in [-0.4, -0.2) is 71.8 Å². The first-order chi connectivity index (χ1) is 27.3. The van der Waals surface area contributed by atoms with E-state index in [1.165, 1.54) is 54.5 Å². The van der Waals surface area contributed by atoms with Crippen LogP contribution in [-0.2, 0) is 22.2 Å². The number of piperidine rings is 1. The van der Waals surface area contributed by atoms with Gasteiger partial charge < -0.3 is 19.3 Å². The normalized spacial score (nSPS) is 22.3. The van der Waals surface area contributed by atoms with Crippen molar-refractivity contribution in [3.05, 3.63) is 97.5 Å². The first-order valence-electron chi connectivity index (χ1n) is 21.3. The lowest BCUT2D eigenvalue weighted by Gasteiger charge is -2.41. The molecule has 1 saturated heterocycles. The maximum Gasteiger partial charge on any atom is 0.282 e.